The molecule has 1 saturated heterocycles. The van der Waals surface area contributed by atoms with Gasteiger partial charge in [-0.25, -0.2) is 9.18 Å². The summed E-state index contributed by atoms with van der Waals surface area (Å²) in [4.78, 5) is 34.1. The number of thioether (sulfide) groups is 1. The molecule has 3 aromatic rings. The van der Waals surface area contributed by atoms with Crippen LogP contribution in [0.3, 0.4) is 0 Å². The van der Waals surface area contributed by atoms with Gasteiger partial charge in [0.25, 0.3) is 0 Å². The van der Waals surface area contributed by atoms with Crippen LogP contribution in [0.15, 0.2) is 34.0 Å². The van der Waals surface area contributed by atoms with E-state index in [1.165, 1.54) is 12.1 Å². The van der Waals surface area contributed by atoms with E-state index in [9.17, 15) is 19.2 Å². The first-order chi connectivity index (χ1) is 16.3. The number of nitriles is 1. The van der Waals surface area contributed by atoms with Crippen molar-refractivity contribution in [2.75, 3.05) is 30.3 Å². The maximum absolute atomic E-state index is 14.0. The quantitative estimate of drug-likeness (QED) is 0.534. The summed E-state index contributed by atoms with van der Waals surface area (Å²) in [6.07, 6.45) is 0. The van der Waals surface area contributed by atoms with Gasteiger partial charge in [0.05, 0.1) is 16.1 Å². The molecule has 0 saturated carbocycles. The predicted octanol–water partition coefficient (Wildman–Crippen LogP) is 3.89. The monoisotopic (exact) mass is 497 g/mol. The second kappa shape index (κ2) is 8.60. The maximum atomic E-state index is 14.0. The van der Waals surface area contributed by atoms with E-state index in [2.05, 4.69) is 9.88 Å². The molecule has 0 bridgehead atoms. The summed E-state index contributed by atoms with van der Waals surface area (Å²) >= 11 is 8.39. The van der Waals surface area contributed by atoms with Gasteiger partial charge in [-0.1, -0.05) is 17.7 Å². The SMILES string of the molecule is CC(=O)N1CCN(c2nc(=O)n3c4c(c(-c5ccc(F)c(C#N)c5)c(Cl)cc24)SCC3)[C@@H](C)C1. The Morgan fingerprint density at radius 3 is 2.79 bits per heavy atom. The van der Waals surface area contributed by atoms with Crippen molar-refractivity contribution in [3.8, 4) is 17.2 Å². The topological polar surface area (TPSA) is 82.2 Å². The van der Waals surface area contributed by atoms with Crippen molar-refractivity contribution in [2.24, 2.45) is 0 Å². The lowest BCUT2D eigenvalue weighted by molar-refractivity contribution is -0.129. The van der Waals surface area contributed by atoms with E-state index in [0.29, 0.717) is 53.9 Å². The van der Waals surface area contributed by atoms with Crippen molar-refractivity contribution in [3.05, 3.63) is 51.2 Å². The summed E-state index contributed by atoms with van der Waals surface area (Å²) in [7, 11) is 0. The molecule has 0 unspecified atom stereocenters. The zero-order chi connectivity index (χ0) is 24.1. The number of hydrogen-bond acceptors (Lipinski definition) is 6. The molecule has 5 rings (SSSR count). The van der Waals surface area contributed by atoms with Crippen molar-refractivity contribution in [3.63, 3.8) is 0 Å². The third kappa shape index (κ3) is 3.62. The molecule has 174 valence electrons. The Morgan fingerprint density at radius 2 is 2.09 bits per heavy atom. The maximum Gasteiger partial charge on any atom is 0.350 e. The summed E-state index contributed by atoms with van der Waals surface area (Å²) in [5.74, 6) is 0.653. The van der Waals surface area contributed by atoms with Gasteiger partial charge in [-0.2, -0.15) is 10.2 Å². The highest BCUT2D eigenvalue weighted by Crippen LogP contribution is 2.46. The molecule has 34 heavy (non-hydrogen) atoms. The average Bonchev–Trinajstić information content (AvgIpc) is 2.82. The number of aryl methyl sites for hydroxylation is 1. The number of hydrogen-bond donors (Lipinski definition) is 0. The minimum atomic E-state index is -0.591. The fraction of sp³-hybridized carbons (Fsp3) is 0.333. The first-order valence-corrected chi connectivity index (χ1v) is 12.3. The largest absolute Gasteiger partial charge is 0.350 e. The van der Waals surface area contributed by atoms with Crippen molar-refractivity contribution in [1.29, 1.82) is 5.26 Å². The van der Waals surface area contributed by atoms with Gasteiger partial charge in [-0.05, 0) is 30.7 Å². The number of amides is 1. The fourth-order valence-electron chi connectivity index (χ4n) is 4.76. The smallest absolute Gasteiger partial charge is 0.350 e. The molecule has 0 spiro atoms. The molecule has 0 N–H and O–H groups in total. The van der Waals surface area contributed by atoms with Gasteiger partial charge in [-0.3, -0.25) is 9.36 Å². The highest BCUT2D eigenvalue weighted by Gasteiger charge is 2.31. The lowest BCUT2D eigenvalue weighted by Gasteiger charge is -2.40. The number of rotatable bonds is 2. The summed E-state index contributed by atoms with van der Waals surface area (Å²) in [6, 6.07) is 8.00. The van der Waals surface area contributed by atoms with Gasteiger partial charge in [-0.15, -0.1) is 11.8 Å². The van der Waals surface area contributed by atoms with Crippen molar-refractivity contribution >= 4 is 46.0 Å². The minimum absolute atomic E-state index is 0.0246. The van der Waals surface area contributed by atoms with E-state index >= 15 is 0 Å². The minimum Gasteiger partial charge on any atom is -0.350 e. The third-order valence-electron chi connectivity index (χ3n) is 6.43. The molecule has 1 fully saturated rings. The van der Waals surface area contributed by atoms with Gasteiger partial charge in [0.15, 0.2) is 0 Å². The standard InChI is InChI=1S/C24H21ClFN5O2S/c1-13-12-29(14(2)32)5-6-30(13)23-17-10-18(25)20(15-3-4-19(26)16(9-15)11-27)22-21(17)31(7-8-34-22)24(33)28-23/h3-4,9-10,13H,5-8,12H2,1-2H3/t13-/m0/s1. The Kier molecular flexibility index (Phi) is 5.74. The van der Waals surface area contributed by atoms with Gasteiger partial charge < -0.3 is 9.80 Å². The average molecular weight is 498 g/mol. The van der Waals surface area contributed by atoms with Crippen LogP contribution >= 0.6 is 23.4 Å². The van der Waals surface area contributed by atoms with Crippen LogP contribution in [-0.2, 0) is 11.3 Å². The molecule has 1 aromatic heterocycles. The number of anilines is 1. The highest BCUT2D eigenvalue weighted by molar-refractivity contribution is 7.99. The predicted molar refractivity (Wildman–Crippen MR) is 131 cm³/mol. The number of carbonyl (C=O) groups excluding carboxylic acids is 1. The molecule has 10 heteroatoms. The summed E-state index contributed by atoms with van der Waals surface area (Å²) in [5, 5.41) is 10.5. The Morgan fingerprint density at radius 1 is 1.29 bits per heavy atom. The summed E-state index contributed by atoms with van der Waals surface area (Å²) < 4.78 is 15.6. The molecule has 2 aliphatic heterocycles. The van der Waals surface area contributed by atoms with Crippen LogP contribution in [0.2, 0.25) is 5.02 Å². The molecular weight excluding hydrogens is 477 g/mol. The van der Waals surface area contributed by atoms with E-state index in [0.717, 1.165) is 15.8 Å². The Bertz CT molecular complexity index is 1450. The molecule has 1 atom stereocenters. The molecule has 0 aliphatic carbocycles. The molecule has 1 amide bonds. The normalized spacial score (nSPS) is 17.7. The van der Waals surface area contributed by atoms with E-state index < -0.39 is 5.82 Å². The van der Waals surface area contributed by atoms with E-state index in [-0.39, 0.29) is 23.2 Å². The highest BCUT2D eigenvalue weighted by atomic mass is 35.5. The van der Waals surface area contributed by atoms with Crippen LogP contribution in [0.4, 0.5) is 10.2 Å². The van der Waals surface area contributed by atoms with Crippen LogP contribution in [0.25, 0.3) is 22.0 Å². The Hall–Kier alpha value is -3.09. The fourth-order valence-corrected chi connectivity index (χ4v) is 6.34. The molecule has 0 radical (unpaired) electrons. The van der Waals surface area contributed by atoms with Crippen LogP contribution in [0.5, 0.6) is 0 Å². The second-order valence-corrected chi connectivity index (χ2v) is 10.0. The number of halogens is 2. The molecule has 7 nitrogen and oxygen atoms in total. The zero-order valence-electron chi connectivity index (χ0n) is 18.6. The Balaban J connectivity index is 1.73. The first kappa shape index (κ1) is 22.7. The van der Waals surface area contributed by atoms with Gasteiger partial charge in [0.2, 0.25) is 5.91 Å². The molecule has 2 aliphatic rings. The summed E-state index contributed by atoms with van der Waals surface area (Å²) in [5.41, 5.74) is 1.64. The van der Waals surface area contributed by atoms with Crippen LogP contribution < -0.4 is 10.6 Å². The number of aromatic nitrogens is 2. The molecule has 3 heterocycles. The number of benzene rings is 2. The Labute approximate surface area is 204 Å². The lowest BCUT2D eigenvalue weighted by atomic mass is 10.0. The van der Waals surface area contributed by atoms with Gasteiger partial charge in [0.1, 0.15) is 17.7 Å². The molecule has 2 aromatic carbocycles. The number of carbonyl (C=O) groups is 1. The van der Waals surface area contributed by atoms with E-state index in [1.54, 1.807) is 40.3 Å². The van der Waals surface area contributed by atoms with Crippen LogP contribution in [0.1, 0.15) is 19.4 Å². The zero-order valence-corrected chi connectivity index (χ0v) is 20.2. The van der Waals surface area contributed by atoms with Crippen molar-refractivity contribution in [1.82, 2.24) is 14.5 Å². The lowest BCUT2D eigenvalue weighted by Crippen LogP contribution is -2.54. The van der Waals surface area contributed by atoms with Crippen LogP contribution in [0, 0.1) is 17.1 Å². The number of piperazine rings is 1. The number of nitrogens with zero attached hydrogens (tertiary/aromatic N) is 5. The van der Waals surface area contributed by atoms with Crippen molar-refractivity contribution < 1.29 is 9.18 Å². The third-order valence-corrected chi connectivity index (χ3v) is 7.80. The van der Waals surface area contributed by atoms with Gasteiger partial charge >= 0.3 is 5.69 Å². The van der Waals surface area contributed by atoms with E-state index in [4.69, 9.17) is 11.6 Å². The van der Waals surface area contributed by atoms with Gasteiger partial charge in [0, 0.05) is 60.7 Å². The van der Waals surface area contributed by atoms with Crippen molar-refractivity contribution in [2.45, 2.75) is 31.3 Å². The van der Waals surface area contributed by atoms with Crippen LogP contribution in [-0.4, -0.2) is 51.8 Å². The second-order valence-electron chi connectivity index (χ2n) is 8.49. The van der Waals surface area contributed by atoms with E-state index in [1.807, 2.05) is 13.0 Å². The summed E-state index contributed by atoms with van der Waals surface area (Å²) in [6.45, 7) is 5.72. The first-order valence-electron chi connectivity index (χ1n) is 10.9. The molecular formula is C24H21ClFN5O2S.